The van der Waals surface area contributed by atoms with Crippen LogP contribution in [0.5, 0.6) is 0 Å². The highest BCUT2D eigenvalue weighted by molar-refractivity contribution is 5.78. The smallest absolute Gasteiger partial charge is 0.224 e. The lowest BCUT2D eigenvalue weighted by Gasteiger charge is -2.09. The molecule has 0 aliphatic carbocycles. The summed E-state index contributed by atoms with van der Waals surface area (Å²) in [5, 5.41) is 11.6. The van der Waals surface area contributed by atoms with Crippen LogP contribution in [-0.2, 0) is 4.79 Å². The Morgan fingerprint density at radius 1 is 1.67 bits per heavy atom. The van der Waals surface area contributed by atoms with E-state index in [0.29, 0.717) is 12.8 Å². The lowest BCUT2D eigenvalue weighted by atomic mass is 10.1. The number of carbonyl (C=O) groups excluding carboxylic acids is 1. The summed E-state index contributed by atoms with van der Waals surface area (Å²) in [5.41, 5.74) is 0.909. The van der Waals surface area contributed by atoms with Crippen LogP contribution in [0, 0.1) is 0 Å². The van der Waals surface area contributed by atoms with Gasteiger partial charge in [0.05, 0.1) is 0 Å². The van der Waals surface area contributed by atoms with Crippen molar-refractivity contribution in [1.29, 1.82) is 0 Å². The minimum Gasteiger partial charge on any atom is -0.508 e. The maximum absolute atomic E-state index is 10.7. The zero-order chi connectivity index (χ0) is 8.97. The molecule has 1 aliphatic heterocycles. The van der Waals surface area contributed by atoms with Gasteiger partial charge in [-0.15, -0.1) is 0 Å². The SMILES string of the molecule is C=C/C(O)=C\C1=CNC(=O)CC1. The first kappa shape index (κ1) is 8.59. The van der Waals surface area contributed by atoms with Crippen molar-refractivity contribution in [3.05, 3.63) is 36.3 Å². The normalized spacial score (nSPS) is 18.2. The predicted octanol–water partition coefficient (Wildman–Crippen LogP) is 1.41. The molecule has 64 valence electrons. The molecule has 0 aromatic heterocycles. The van der Waals surface area contributed by atoms with Crippen LogP contribution in [0.2, 0.25) is 0 Å². The monoisotopic (exact) mass is 165 g/mol. The Morgan fingerprint density at radius 3 is 2.92 bits per heavy atom. The summed E-state index contributed by atoms with van der Waals surface area (Å²) < 4.78 is 0. The molecule has 1 rings (SSSR count). The predicted molar refractivity (Wildman–Crippen MR) is 46.4 cm³/mol. The van der Waals surface area contributed by atoms with Crippen LogP contribution < -0.4 is 5.32 Å². The largest absolute Gasteiger partial charge is 0.508 e. The van der Waals surface area contributed by atoms with Crippen molar-refractivity contribution in [3.63, 3.8) is 0 Å². The van der Waals surface area contributed by atoms with Crippen molar-refractivity contribution in [3.8, 4) is 0 Å². The summed E-state index contributed by atoms with van der Waals surface area (Å²) in [6.45, 7) is 3.41. The van der Waals surface area contributed by atoms with E-state index in [1.54, 1.807) is 12.3 Å². The Bertz CT molecular complexity index is 264. The van der Waals surface area contributed by atoms with Gasteiger partial charge < -0.3 is 10.4 Å². The third-order valence-corrected chi connectivity index (χ3v) is 1.60. The van der Waals surface area contributed by atoms with E-state index >= 15 is 0 Å². The minimum absolute atomic E-state index is 0.0187. The highest BCUT2D eigenvalue weighted by Crippen LogP contribution is 2.11. The Hall–Kier alpha value is -1.51. The molecule has 0 aromatic rings. The molecule has 0 atom stereocenters. The molecule has 0 saturated carbocycles. The van der Waals surface area contributed by atoms with Gasteiger partial charge in [-0.2, -0.15) is 0 Å². The van der Waals surface area contributed by atoms with Crippen LogP contribution in [0.4, 0.5) is 0 Å². The Balaban J connectivity index is 2.65. The van der Waals surface area contributed by atoms with Crippen LogP contribution in [0.1, 0.15) is 12.8 Å². The first-order valence-electron chi connectivity index (χ1n) is 3.74. The van der Waals surface area contributed by atoms with E-state index in [1.165, 1.54) is 6.08 Å². The third kappa shape index (κ3) is 2.27. The summed E-state index contributed by atoms with van der Waals surface area (Å²) in [6.07, 6.45) is 5.70. The molecule has 1 heterocycles. The zero-order valence-electron chi connectivity index (χ0n) is 6.71. The van der Waals surface area contributed by atoms with Gasteiger partial charge >= 0.3 is 0 Å². The number of aliphatic hydroxyl groups is 1. The maximum atomic E-state index is 10.7. The summed E-state index contributed by atoms with van der Waals surface area (Å²) in [6, 6.07) is 0. The van der Waals surface area contributed by atoms with Gasteiger partial charge in [-0.05, 0) is 24.1 Å². The number of nitrogens with one attached hydrogen (secondary N) is 1. The van der Waals surface area contributed by atoms with E-state index in [2.05, 4.69) is 11.9 Å². The Labute approximate surface area is 71.1 Å². The molecule has 3 nitrogen and oxygen atoms in total. The van der Waals surface area contributed by atoms with Crippen molar-refractivity contribution in [2.75, 3.05) is 0 Å². The molecule has 0 aromatic carbocycles. The van der Waals surface area contributed by atoms with Crippen LogP contribution in [-0.4, -0.2) is 11.0 Å². The van der Waals surface area contributed by atoms with Crippen LogP contribution in [0.15, 0.2) is 36.3 Å². The average molecular weight is 165 g/mol. The molecule has 12 heavy (non-hydrogen) atoms. The molecule has 2 N–H and O–H groups in total. The Kier molecular flexibility index (Phi) is 2.69. The number of carbonyl (C=O) groups is 1. The van der Waals surface area contributed by atoms with Gasteiger partial charge in [0.15, 0.2) is 0 Å². The van der Waals surface area contributed by atoms with Gasteiger partial charge in [0.25, 0.3) is 0 Å². The van der Waals surface area contributed by atoms with Gasteiger partial charge in [-0.25, -0.2) is 0 Å². The number of hydrogen-bond acceptors (Lipinski definition) is 2. The van der Waals surface area contributed by atoms with Crippen LogP contribution in [0.3, 0.4) is 0 Å². The summed E-state index contributed by atoms with van der Waals surface area (Å²) in [7, 11) is 0. The molecule has 3 heteroatoms. The molecule has 0 saturated heterocycles. The van der Waals surface area contributed by atoms with Crippen LogP contribution >= 0.6 is 0 Å². The fourth-order valence-electron chi connectivity index (χ4n) is 0.938. The standard InChI is InChI=1S/C9H11NO2/c1-2-8(11)5-7-3-4-9(12)10-6-7/h2,5-6,11H,1,3-4H2,(H,10,12)/b8-5+. The van der Waals surface area contributed by atoms with Gasteiger partial charge in [0.2, 0.25) is 5.91 Å². The van der Waals surface area contributed by atoms with Gasteiger partial charge in [-0.3, -0.25) is 4.79 Å². The number of hydrogen-bond donors (Lipinski definition) is 2. The third-order valence-electron chi connectivity index (χ3n) is 1.60. The van der Waals surface area contributed by atoms with E-state index in [-0.39, 0.29) is 11.7 Å². The molecule has 1 amide bonds. The van der Waals surface area contributed by atoms with E-state index in [9.17, 15) is 4.79 Å². The zero-order valence-corrected chi connectivity index (χ0v) is 6.71. The second-order valence-corrected chi connectivity index (χ2v) is 2.56. The quantitative estimate of drug-likeness (QED) is 0.480. The van der Waals surface area contributed by atoms with Crippen molar-refractivity contribution in [2.45, 2.75) is 12.8 Å². The molecule has 0 radical (unpaired) electrons. The van der Waals surface area contributed by atoms with Gasteiger partial charge in [-0.1, -0.05) is 6.58 Å². The number of aliphatic hydroxyl groups excluding tert-OH is 1. The fourth-order valence-corrected chi connectivity index (χ4v) is 0.938. The van der Waals surface area contributed by atoms with Crippen molar-refractivity contribution in [1.82, 2.24) is 5.32 Å². The molecule has 1 aliphatic rings. The lowest BCUT2D eigenvalue weighted by molar-refractivity contribution is -0.120. The highest BCUT2D eigenvalue weighted by atomic mass is 16.3. The minimum atomic E-state index is 0.0187. The van der Waals surface area contributed by atoms with E-state index in [0.717, 1.165) is 5.57 Å². The van der Waals surface area contributed by atoms with Crippen molar-refractivity contribution < 1.29 is 9.90 Å². The average Bonchev–Trinajstić information content (AvgIpc) is 2.09. The summed E-state index contributed by atoms with van der Waals surface area (Å²) in [5.74, 6) is 0.141. The number of amides is 1. The van der Waals surface area contributed by atoms with Crippen LogP contribution in [0.25, 0.3) is 0 Å². The molecule has 0 unspecified atom stereocenters. The van der Waals surface area contributed by atoms with Gasteiger partial charge in [0, 0.05) is 12.6 Å². The second kappa shape index (κ2) is 3.76. The van der Waals surface area contributed by atoms with E-state index in [4.69, 9.17) is 5.11 Å². The molecular weight excluding hydrogens is 154 g/mol. The fraction of sp³-hybridized carbons (Fsp3) is 0.222. The number of rotatable bonds is 2. The highest BCUT2D eigenvalue weighted by Gasteiger charge is 2.07. The van der Waals surface area contributed by atoms with E-state index < -0.39 is 0 Å². The number of allylic oxidation sites excluding steroid dienone is 3. The molecule has 0 fully saturated rings. The Morgan fingerprint density at radius 2 is 2.42 bits per heavy atom. The van der Waals surface area contributed by atoms with Crippen molar-refractivity contribution >= 4 is 5.91 Å². The summed E-state index contributed by atoms with van der Waals surface area (Å²) >= 11 is 0. The summed E-state index contributed by atoms with van der Waals surface area (Å²) in [4.78, 5) is 10.7. The lowest BCUT2D eigenvalue weighted by Crippen LogP contribution is -2.21. The maximum Gasteiger partial charge on any atom is 0.224 e. The molecule has 0 bridgehead atoms. The van der Waals surface area contributed by atoms with Gasteiger partial charge in [0.1, 0.15) is 5.76 Å². The first-order valence-corrected chi connectivity index (χ1v) is 3.74. The van der Waals surface area contributed by atoms with Crippen molar-refractivity contribution in [2.24, 2.45) is 0 Å². The molecule has 0 spiro atoms. The topological polar surface area (TPSA) is 49.3 Å². The molecular formula is C9H11NO2. The van der Waals surface area contributed by atoms with E-state index in [1.807, 2.05) is 0 Å². The first-order chi connectivity index (χ1) is 5.72. The second-order valence-electron chi connectivity index (χ2n) is 2.56.